The van der Waals surface area contributed by atoms with Crippen LogP contribution in [0.3, 0.4) is 0 Å². The topological polar surface area (TPSA) is 88.1 Å². The van der Waals surface area contributed by atoms with Crippen LogP contribution in [0.2, 0.25) is 0 Å². The van der Waals surface area contributed by atoms with Gasteiger partial charge in [-0.15, -0.1) is 0 Å². The van der Waals surface area contributed by atoms with E-state index in [-0.39, 0.29) is 17.4 Å². The lowest BCUT2D eigenvalue weighted by molar-refractivity contribution is 0.569. The lowest BCUT2D eigenvalue weighted by Gasteiger charge is -2.01. The van der Waals surface area contributed by atoms with Crippen molar-refractivity contribution in [3.8, 4) is 6.07 Å². The van der Waals surface area contributed by atoms with Gasteiger partial charge in [-0.1, -0.05) is 0 Å². The van der Waals surface area contributed by atoms with Crippen LogP contribution in [0, 0.1) is 17.2 Å². The lowest BCUT2D eigenvalue weighted by Crippen LogP contribution is -2.08. The molecule has 98 valence electrons. The van der Waals surface area contributed by atoms with E-state index in [1.54, 1.807) is 22.8 Å². The van der Waals surface area contributed by atoms with E-state index >= 15 is 0 Å². The van der Waals surface area contributed by atoms with E-state index in [0.717, 1.165) is 0 Å². The van der Waals surface area contributed by atoms with Crippen molar-refractivity contribution in [1.82, 2.24) is 14.6 Å². The zero-order valence-corrected chi connectivity index (χ0v) is 11.0. The van der Waals surface area contributed by atoms with Gasteiger partial charge in [0.05, 0.1) is 17.1 Å². The largest absolute Gasteiger partial charge is 0.229 e. The fraction of sp³-hybridized carbons (Fsp3) is 0.417. The Morgan fingerprint density at radius 2 is 2.32 bits per heavy atom. The van der Waals surface area contributed by atoms with Crippen LogP contribution < -0.4 is 0 Å². The van der Waals surface area contributed by atoms with Crippen LogP contribution in [0.25, 0.3) is 5.65 Å². The Labute approximate surface area is 110 Å². The first-order chi connectivity index (χ1) is 9.05. The minimum atomic E-state index is -2.86. The molecule has 1 aliphatic rings. The summed E-state index contributed by atoms with van der Waals surface area (Å²) in [7, 11) is -2.86. The summed E-state index contributed by atoms with van der Waals surface area (Å²) in [6, 6.07) is 5.47. The molecule has 3 rings (SSSR count). The first kappa shape index (κ1) is 12.1. The minimum absolute atomic E-state index is 0.109. The number of aromatic nitrogens is 3. The first-order valence-corrected chi connectivity index (χ1v) is 7.84. The van der Waals surface area contributed by atoms with Crippen LogP contribution in [-0.4, -0.2) is 34.5 Å². The number of fused-ring (bicyclic) bond motifs is 1. The zero-order chi connectivity index (χ0) is 13.5. The van der Waals surface area contributed by atoms with E-state index in [4.69, 9.17) is 5.26 Å². The van der Waals surface area contributed by atoms with Crippen LogP contribution in [-0.2, 0) is 16.3 Å². The highest BCUT2D eigenvalue weighted by molar-refractivity contribution is 7.91. The van der Waals surface area contributed by atoms with Crippen molar-refractivity contribution in [2.24, 2.45) is 5.92 Å². The molecule has 0 radical (unpaired) electrons. The number of hydrogen-bond acceptors (Lipinski definition) is 5. The van der Waals surface area contributed by atoms with E-state index in [1.807, 2.05) is 6.07 Å². The van der Waals surface area contributed by atoms with Gasteiger partial charge in [0.2, 0.25) is 0 Å². The number of sulfone groups is 1. The van der Waals surface area contributed by atoms with Crippen molar-refractivity contribution < 1.29 is 8.42 Å². The van der Waals surface area contributed by atoms with Gasteiger partial charge in [-0.3, -0.25) is 0 Å². The molecule has 1 fully saturated rings. The Morgan fingerprint density at radius 3 is 3.00 bits per heavy atom. The van der Waals surface area contributed by atoms with Crippen molar-refractivity contribution in [3.63, 3.8) is 0 Å². The van der Waals surface area contributed by atoms with Crippen LogP contribution in [0.5, 0.6) is 0 Å². The Hall–Kier alpha value is -1.94. The SMILES string of the molecule is N#Cc1ccc2nc(CC3CCS(=O)(=O)C3)nn2c1. The number of pyridine rings is 1. The number of hydrogen-bond donors (Lipinski definition) is 0. The maximum atomic E-state index is 11.4. The highest BCUT2D eigenvalue weighted by Gasteiger charge is 2.28. The molecule has 0 spiro atoms. The highest BCUT2D eigenvalue weighted by atomic mass is 32.2. The van der Waals surface area contributed by atoms with Crippen molar-refractivity contribution in [2.45, 2.75) is 12.8 Å². The van der Waals surface area contributed by atoms with E-state index in [9.17, 15) is 8.42 Å². The van der Waals surface area contributed by atoms with Crippen LogP contribution in [0.4, 0.5) is 0 Å². The monoisotopic (exact) mass is 276 g/mol. The van der Waals surface area contributed by atoms with Crippen LogP contribution in [0.15, 0.2) is 18.3 Å². The molecule has 0 aliphatic carbocycles. The molecule has 1 atom stereocenters. The Kier molecular flexibility index (Phi) is 2.75. The average Bonchev–Trinajstić information content (AvgIpc) is 2.91. The van der Waals surface area contributed by atoms with Gasteiger partial charge in [-0.05, 0) is 24.5 Å². The van der Waals surface area contributed by atoms with Gasteiger partial charge in [0.15, 0.2) is 21.3 Å². The summed E-state index contributed by atoms with van der Waals surface area (Å²) in [5.41, 5.74) is 1.20. The summed E-state index contributed by atoms with van der Waals surface area (Å²) in [5, 5.41) is 13.1. The van der Waals surface area contributed by atoms with Crippen molar-refractivity contribution in [1.29, 1.82) is 5.26 Å². The molecular formula is C12H12N4O2S. The summed E-state index contributed by atoms with van der Waals surface area (Å²) in [6.07, 6.45) is 2.88. The second kappa shape index (κ2) is 4.31. The van der Waals surface area contributed by atoms with Gasteiger partial charge in [0.25, 0.3) is 0 Å². The average molecular weight is 276 g/mol. The number of rotatable bonds is 2. The molecular weight excluding hydrogens is 264 g/mol. The van der Waals surface area contributed by atoms with E-state index in [0.29, 0.717) is 29.9 Å². The maximum Gasteiger partial charge on any atom is 0.155 e. The number of nitrogens with zero attached hydrogens (tertiary/aromatic N) is 4. The van der Waals surface area contributed by atoms with Gasteiger partial charge in [0.1, 0.15) is 6.07 Å². The highest BCUT2D eigenvalue weighted by Crippen LogP contribution is 2.21. The van der Waals surface area contributed by atoms with Gasteiger partial charge in [-0.2, -0.15) is 10.4 Å². The molecule has 0 amide bonds. The molecule has 0 saturated carbocycles. The zero-order valence-electron chi connectivity index (χ0n) is 10.2. The third-order valence-corrected chi connectivity index (χ3v) is 5.14. The quantitative estimate of drug-likeness (QED) is 0.800. The van der Waals surface area contributed by atoms with E-state index < -0.39 is 9.84 Å². The molecule has 0 aromatic carbocycles. The van der Waals surface area contributed by atoms with Crippen molar-refractivity contribution in [3.05, 3.63) is 29.7 Å². The molecule has 0 N–H and O–H groups in total. The summed E-state index contributed by atoms with van der Waals surface area (Å²) in [4.78, 5) is 4.35. The molecule has 6 nitrogen and oxygen atoms in total. The molecule has 1 aliphatic heterocycles. The molecule has 1 saturated heterocycles. The number of nitriles is 1. The fourth-order valence-electron chi connectivity index (χ4n) is 2.37. The molecule has 0 bridgehead atoms. The predicted molar refractivity (Wildman–Crippen MR) is 68.2 cm³/mol. The maximum absolute atomic E-state index is 11.4. The van der Waals surface area contributed by atoms with E-state index in [2.05, 4.69) is 10.1 Å². The smallest absolute Gasteiger partial charge is 0.155 e. The minimum Gasteiger partial charge on any atom is -0.229 e. The first-order valence-electron chi connectivity index (χ1n) is 6.01. The van der Waals surface area contributed by atoms with Gasteiger partial charge >= 0.3 is 0 Å². The van der Waals surface area contributed by atoms with Gasteiger partial charge in [0, 0.05) is 12.6 Å². The Morgan fingerprint density at radius 1 is 1.47 bits per heavy atom. The molecule has 2 aromatic rings. The summed E-state index contributed by atoms with van der Waals surface area (Å²) in [5.74, 6) is 1.24. The summed E-state index contributed by atoms with van der Waals surface area (Å²) in [6.45, 7) is 0. The Bertz CT molecular complexity index is 773. The molecule has 7 heteroatoms. The standard InChI is InChI=1S/C12H12N4O2S/c13-6-10-1-2-12-14-11(15-16(12)7-10)5-9-3-4-19(17,18)8-9/h1-2,7,9H,3-5,8H2. The normalized spacial score (nSPS) is 21.5. The third kappa shape index (κ3) is 2.44. The molecule has 19 heavy (non-hydrogen) atoms. The lowest BCUT2D eigenvalue weighted by atomic mass is 10.1. The Balaban J connectivity index is 1.84. The third-order valence-electron chi connectivity index (χ3n) is 3.30. The van der Waals surface area contributed by atoms with Crippen molar-refractivity contribution >= 4 is 15.5 Å². The fourth-order valence-corrected chi connectivity index (χ4v) is 4.23. The van der Waals surface area contributed by atoms with Crippen LogP contribution >= 0.6 is 0 Å². The second-order valence-electron chi connectivity index (χ2n) is 4.83. The summed E-state index contributed by atoms with van der Waals surface area (Å²) >= 11 is 0. The van der Waals surface area contributed by atoms with Crippen molar-refractivity contribution in [2.75, 3.05) is 11.5 Å². The van der Waals surface area contributed by atoms with E-state index in [1.165, 1.54) is 0 Å². The molecule has 2 aromatic heterocycles. The summed E-state index contributed by atoms with van der Waals surface area (Å²) < 4.78 is 24.4. The predicted octanol–water partition coefficient (Wildman–Crippen LogP) is 0.578. The van der Waals surface area contributed by atoms with Crippen LogP contribution in [0.1, 0.15) is 17.8 Å². The molecule has 3 heterocycles. The van der Waals surface area contributed by atoms with Gasteiger partial charge < -0.3 is 0 Å². The van der Waals surface area contributed by atoms with Gasteiger partial charge in [-0.25, -0.2) is 17.9 Å². The second-order valence-corrected chi connectivity index (χ2v) is 7.06. The molecule has 1 unspecified atom stereocenters.